The number of hydrogen-bond donors (Lipinski definition) is 2. The van der Waals surface area contributed by atoms with E-state index < -0.39 is 22.1 Å². The second-order valence-electron chi connectivity index (χ2n) is 3.99. The van der Waals surface area contributed by atoms with Crippen molar-refractivity contribution in [3.63, 3.8) is 0 Å². The molecule has 0 spiro atoms. The van der Waals surface area contributed by atoms with Crippen molar-refractivity contribution in [2.75, 3.05) is 17.0 Å². The molecule has 0 saturated heterocycles. The van der Waals surface area contributed by atoms with Gasteiger partial charge in [-0.05, 0) is 31.5 Å². The van der Waals surface area contributed by atoms with E-state index in [0.29, 0.717) is 19.4 Å². The lowest BCUT2D eigenvalue weighted by Gasteiger charge is -2.11. The van der Waals surface area contributed by atoms with Crippen molar-refractivity contribution in [2.45, 2.75) is 19.2 Å². The van der Waals surface area contributed by atoms with E-state index in [0.717, 1.165) is 12.1 Å². The van der Waals surface area contributed by atoms with Gasteiger partial charge in [-0.25, -0.2) is 8.42 Å². The van der Waals surface area contributed by atoms with Crippen LogP contribution in [0.15, 0.2) is 24.3 Å². The SMILES string of the molecule is NCCCCS(=O)(=O)Nc1cccc(OC(F)(F)F)c1. The van der Waals surface area contributed by atoms with Gasteiger partial charge in [0, 0.05) is 6.07 Å². The third-order valence-corrected chi connectivity index (χ3v) is 3.58. The Labute approximate surface area is 115 Å². The van der Waals surface area contributed by atoms with E-state index in [1.54, 1.807) is 0 Å². The van der Waals surface area contributed by atoms with E-state index in [9.17, 15) is 21.6 Å². The number of hydrogen-bond acceptors (Lipinski definition) is 4. The Bertz CT molecular complexity index is 532. The summed E-state index contributed by atoms with van der Waals surface area (Å²) in [6, 6.07) is 4.65. The average Bonchev–Trinajstić information content (AvgIpc) is 2.26. The predicted octanol–water partition coefficient (Wildman–Crippen LogP) is 2.07. The molecule has 3 N–H and O–H groups in total. The Hall–Kier alpha value is -1.48. The molecule has 5 nitrogen and oxygen atoms in total. The first-order chi connectivity index (χ1) is 9.22. The maximum Gasteiger partial charge on any atom is 0.573 e. The lowest BCUT2D eigenvalue weighted by atomic mass is 10.3. The summed E-state index contributed by atoms with van der Waals surface area (Å²) in [4.78, 5) is 0. The minimum atomic E-state index is -4.82. The molecule has 0 aliphatic rings. The first-order valence-corrected chi connectivity index (χ1v) is 7.43. The van der Waals surface area contributed by atoms with Crippen LogP contribution in [-0.2, 0) is 10.0 Å². The van der Waals surface area contributed by atoms with Crippen LogP contribution < -0.4 is 15.2 Å². The lowest BCUT2D eigenvalue weighted by Crippen LogP contribution is -2.19. The normalized spacial score (nSPS) is 12.2. The van der Waals surface area contributed by atoms with Gasteiger partial charge in [0.2, 0.25) is 10.0 Å². The molecule has 1 aromatic rings. The number of nitrogens with one attached hydrogen (secondary N) is 1. The largest absolute Gasteiger partial charge is 0.573 e. The fourth-order valence-corrected chi connectivity index (χ4v) is 2.60. The molecule has 0 heterocycles. The zero-order valence-electron chi connectivity index (χ0n) is 10.5. The van der Waals surface area contributed by atoms with Crippen LogP contribution in [-0.4, -0.2) is 27.1 Å². The zero-order valence-corrected chi connectivity index (χ0v) is 11.3. The quantitative estimate of drug-likeness (QED) is 0.755. The smallest absolute Gasteiger partial charge is 0.406 e. The van der Waals surface area contributed by atoms with Gasteiger partial charge in [0.1, 0.15) is 5.75 Å². The van der Waals surface area contributed by atoms with Gasteiger partial charge in [-0.3, -0.25) is 4.72 Å². The third-order valence-electron chi connectivity index (χ3n) is 2.21. The van der Waals surface area contributed by atoms with E-state index in [-0.39, 0.29) is 11.4 Å². The maximum atomic E-state index is 12.0. The summed E-state index contributed by atoms with van der Waals surface area (Å²) in [5, 5.41) is 0. The molecule has 1 aromatic carbocycles. The summed E-state index contributed by atoms with van der Waals surface area (Å²) >= 11 is 0. The van der Waals surface area contributed by atoms with Crippen molar-refractivity contribution >= 4 is 15.7 Å². The van der Waals surface area contributed by atoms with Crippen molar-refractivity contribution in [2.24, 2.45) is 5.73 Å². The Morgan fingerprint density at radius 3 is 2.55 bits per heavy atom. The van der Waals surface area contributed by atoms with E-state index in [4.69, 9.17) is 5.73 Å². The molecular formula is C11H15F3N2O3S. The third kappa shape index (κ3) is 6.62. The van der Waals surface area contributed by atoms with Crippen molar-refractivity contribution in [1.29, 1.82) is 0 Å². The summed E-state index contributed by atoms with van der Waals surface area (Å²) in [7, 11) is -3.61. The molecule has 0 aliphatic heterocycles. The van der Waals surface area contributed by atoms with Gasteiger partial charge in [-0.2, -0.15) is 0 Å². The standard InChI is InChI=1S/C11H15F3N2O3S/c12-11(13,14)19-10-5-3-4-9(8-10)16-20(17,18)7-2-1-6-15/h3-5,8,16H,1-2,6-7,15H2. The molecule has 1 rings (SSSR count). The topological polar surface area (TPSA) is 81.4 Å². The monoisotopic (exact) mass is 312 g/mol. The number of rotatable bonds is 7. The van der Waals surface area contributed by atoms with Crippen LogP contribution >= 0.6 is 0 Å². The highest BCUT2D eigenvalue weighted by molar-refractivity contribution is 7.92. The maximum absolute atomic E-state index is 12.0. The van der Waals surface area contributed by atoms with Crippen LogP contribution in [0.5, 0.6) is 5.75 Å². The van der Waals surface area contributed by atoms with Crippen molar-refractivity contribution in [1.82, 2.24) is 0 Å². The van der Waals surface area contributed by atoms with Gasteiger partial charge in [-0.15, -0.1) is 13.2 Å². The minimum Gasteiger partial charge on any atom is -0.406 e. The molecule has 0 amide bonds. The highest BCUT2D eigenvalue weighted by Gasteiger charge is 2.31. The summed E-state index contributed by atoms with van der Waals surface area (Å²) in [5.41, 5.74) is 5.26. The highest BCUT2D eigenvalue weighted by Crippen LogP contribution is 2.25. The molecule has 0 aliphatic carbocycles. The Kier molecular flexibility index (Phi) is 5.63. The lowest BCUT2D eigenvalue weighted by molar-refractivity contribution is -0.274. The number of ether oxygens (including phenoxy) is 1. The fourth-order valence-electron chi connectivity index (χ4n) is 1.42. The van der Waals surface area contributed by atoms with Crippen LogP contribution in [0.2, 0.25) is 0 Å². The van der Waals surface area contributed by atoms with Crippen molar-refractivity contribution in [3.8, 4) is 5.75 Å². The number of anilines is 1. The van der Waals surface area contributed by atoms with Gasteiger partial charge < -0.3 is 10.5 Å². The summed E-state index contributed by atoms with van der Waals surface area (Å²) in [5.74, 6) is -0.631. The number of benzene rings is 1. The van der Waals surface area contributed by atoms with E-state index in [1.807, 2.05) is 0 Å². The number of alkyl halides is 3. The molecule has 20 heavy (non-hydrogen) atoms. The first-order valence-electron chi connectivity index (χ1n) is 5.78. The Morgan fingerprint density at radius 1 is 1.25 bits per heavy atom. The van der Waals surface area contributed by atoms with Crippen LogP contribution in [0.1, 0.15) is 12.8 Å². The molecule has 114 valence electrons. The van der Waals surface area contributed by atoms with Gasteiger partial charge in [0.25, 0.3) is 0 Å². The second-order valence-corrected chi connectivity index (χ2v) is 5.83. The molecule has 0 saturated carbocycles. The van der Waals surface area contributed by atoms with Gasteiger partial charge in [0.05, 0.1) is 11.4 Å². The minimum absolute atomic E-state index is 0.0134. The van der Waals surface area contributed by atoms with Crippen molar-refractivity contribution < 1.29 is 26.3 Å². The molecule has 0 aromatic heterocycles. The first kappa shape index (κ1) is 16.6. The number of halogens is 3. The molecular weight excluding hydrogens is 297 g/mol. The summed E-state index contributed by atoms with van der Waals surface area (Å²) < 4.78 is 65.3. The molecule has 0 fully saturated rings. The number of sulfonamides is 1. The van der Waals surface area contributed by atoms with E-state index >= 15 is 0 Å². The molecule has 0 atom stereocenters. The fraction of sp³-hybridized carbons (Fsp3) is 0.455. The summed E-state index contributed by atoms with van der Waals surface area (Å²) in [6.45, 7) is 0.379. The van der Waals surface area contributed by atoms with Gasteiger partial charge in [-0.1, -0.05) is 6.07 Å². The van der Waals surface area contributed by atoms with E-state index in [1.165, 1.54) is 12.1 Å². The van der Waals surface area contributed by atoms with Crippen LogP contribution in [0.25, 0.3) is 0 Å². The second kappa shape index (κ2) is 6.80. The highest BCUT2D eigenvalue weighted by atomic mass is 32.2. The van der Waals surface area contributed by atoms with Crippen LogP contribution in [0, 0.1) is 0 Å². The van der Waals surface area contributed by atoms with Gasteiger partial charge >= 0.3 is 6.36 Å². The molecule has 0 radical (unpaired) electrons. The zero-order chi connectivity index (χ0) is 15.2. The van der Waals surface area contributed by atoms with Crippen molar-refractivity contribution in [3.05, 3.63) is 24.3 Å². The molecule has 0 unspecified atom stereocenters. The number of unbranched alkanes of at least 4 members (excludes halogenated alkanes) is 1. The van der Waals surface area contributed by atoms with Gasteiger partial charge in [0.15, 0.2) is 0 Å². The molecule has 0 bridgehead atoms. The Balaban J connectivity index is 2.70. The van der Waals surface area contributed by atoms with Crippen LogP contribution in [0.3, 0.4) is 0 Å². The Morgan fingerprint density at radius 2 is 1.95 bits per heavy atom. The van der Waals surface area contributed by atoms with Crippen LogP contribution in [0.4, 0.5) is 18.9 Å². The summed E-state index contributed by atoms with van der Waals surface area (Å²) in [6.07, 6.45) is -3.89. The predicted molar refractivity (Wildman–Crippen MR) is 68.8 cm³/mol. The average molecular weight is 312 g/mol. The molecule has 9 heteroatoms. The number of nitrogens with two attached hydrogens (primary N) is 1. The van der Waals surface area contributed by atoms with E-state index in [2.05, 4.69) is 9.46 Å².